The van der Waals surface area contributed by atoms with Crippen LogP contribution in [0.25, 0.3) is 0 Å². The van der Waals surface area contributed by atoms with Gasteiger partial charge in [0.25, 0.3) is 0 Å². The van der Waals surface area contributed by atoms with E-state index in [0.717, 1.165) is 5.56 Å². The second kappa shape index (κ2) is 10.5. The summed E-state index contributed by atoms with van der Waals surface area (Å²) in [6.45, 7) is 2.58. The molecule has 154 valence electrons. The zero-order valence-corrected chi connectivity index (χ0v) is 16.4. The van der Waals surface area contributed by atoms with E-state index >= 15 is 0 Å². The quantitative estimate of drug-likeness (QED) is 0.602. The maximum absolute atomic E-state index is 12.7. The molecule has 0 aromatic heterocycles. The monoisotopic (exact) mass is 391 g/mol. The van der Waals surface area contributed by atoms with Crippen molar-refractivity contribution in [2.45, 2.75) is 38.0 Å². The summed E-state index contributed by atoms with van der Waals surface area (Å²) in [4.78, 5) is 27.0. The summed E-state index contributed by atoms with van der Waals surface area (Å²) >= 11 is 0. The second-order valence-corrected chi connectivity index (χ2v) is 7.28. The number of ether oxygens (including phenoxy) is 4. The fourth-order valence-corrected chi connectivity index (χ4v) is 3.89. The predicted molar refractivity (Wildman–Crippen MR) is 102 cm³/mol. The van der Waals surface area contributed by atoms with Gasteiger partial charge in [0.05, 0.1) is 45.1 Å². The minimum absolute atomic E-state index is 0.0527. The minimum Gasteiger partial charge on any atom is -0.445 e. The molecular formula is C21H29NO6. The lowest BCUT2D eigenvalue weighted by Gasteiger charge is -2.47. The second-order valence-electron chi connectivity index (χ2n) is 7.28. The number of Topliss-reactive ketones (excluding diaryl/α,β-unsaturated/α-hetero) is 1. The Balaban J connectivity index is 1.49. The first-order valence-corrected chi connectivity index (χ1v) is 9.85. The van der Waals surface area contributed by atoms with Crippen LogP contribution in [0.1, 0.15) is 24.8 Å². The molecule has 2 heterocycles. The lowest BCUT2D eigenvalue weighted by atomic mass is 9.82. The van der Waals surface area contributed by atoms with Crippen molar-refractivity contribution in [1.29, 1.82) is 0 Å². The molecule has 7 heteroatoms. The molecule has 2 bridgehead atoms. The summed E-state index contributed by atoms with van der Waals surface area (Å²) in [5, 5.41) is 0. The van der Waals surface area contributed by atoms with E-state index in [0.29, 0.717) is 52.3 Å². The van der Waals surface area contributed by atoms with E-state index in [1.165, 1.54) is 0 Å². The molecule has 0 aliphatic carbocycles. The number of nitrogens with zero attached hydrogens (tertiary/aromatic N) is 1. The Bertz CT molecular complexity index is 623. The van der Waals surface area contributed by atoms with Gasteiger partial charge in [0, 0.05) is 19.4 Å². The number of hydrogen-bond acceptors (Lipinski definition) is 6. The molecule has 2 aliphatic rings. The molecule has 1 aromatic rings. The highest BCUT2D eigenvalue weighted by atomic mass is 16.6. The number of ketones is 1. The first-order valence-electron chi connectivity index (χ1n) is 9.85. The van der Waals surface area contributed by atoms with Crippen LogP contribution >= 0.6 is 0 Å². The lowest BCUT2D eigenvalue weighted by Crippen LogP contribution is -2.60. The third-order valence-corrected chi connectivity index (χ3v) is 5.32. The van der Waals surface area contributed by atoms with Crippen molar-refractivity contribution in [1.82, 2.24) is 4.90 Å². The minimum atomic E-state index is -0.323. The van der Waals surface area contributed by atoms with E-state index in [9.17, 15) is 9.59 Å². The summed E-state index contributed by atoms with van der Waals surface area (Å²) in [5.74, 6) is 0.148. The van der Waals surface area contributed by atoms with Gasteiger partial charge in [-0.05, 0) is 18.4 Å². The maximum atomic E-state index is 12.7. The number of carbonyl (C=O) groups excluding carboxylic acids is 2. The lowest BCUT2D eigenvalue weighted by molar-refractivity contribution is -0.132. The molecule has 2 atom stereocenters. The van der Waals surface area contributed by atoms with E-state index in [4.69, 9.17) is 18.9 Å². The van der Waals surface area contributed by atoms with Crippen molar-refractivity contribution in [3.05, 3.63) is 35.9 Å². The van der Waals surface area contributed by atoms with Crippen molar-refractivity contribution >= 4 is 11.9 Å². The zero-order chi connectivity index (χ0) is 19.8. The highest BCUT2D eigenvalue weighted by Crippen LogP contribution is 2.33. The van der Waals surface area contributed by atoms with Crippen molar-refractivity contribution in [3.8, 4) is 0 Å². The average molecular weight is 391 g/mol. The summed E-state index contributed by atoms with van der Waals surface area (Å²) in [7, 11) is 1.62. The van der Waals surface area contributed by atoms with Crippen LogP contribution in [-0.2, 0) is 30.3 Å². The van der Waals surface area contributed by atoms with Gasteiger partial charge in [0.2, 0.25) is 0 Å². The number of morpholine rings is 1. The van der Waals surface area contributed by atoms with Crippen LogP contribution in [-0.4, -0.2) is 69.0 Å². The molecule has 1 aromatic carbocycles. The number of hydrogen-bond donors (Lipinski definition) is 0. The van der Waals surface area contributed by atoms with Crippen LogP contribution in [0.15, 0.2) is 30.3 Å². The summed E-state index contributed by atoms with van der Waals surface area (Å²) < 4.78 is 21.5. The molecule has 2 unspecified atom stereocenters. The van der Waals surface area contributed by atoms with Crippen LogP contribution in [0, 0.1) is 5.92 Å². The molecule has 0 radical (unpaired) electrons. The van der Waals surface area contributed by atoms with Gasteiger partial charge in [-0.2, -0.15) is 0 Å². The summed E-state index contributed by atoms with van der Waals surface area (Å²) in [5.41, 5.74) is 0.954. The molecule has 28 heavy (non-hydrogen) atoms. The van der Waals surface area contributed by atoms with E-state index in [1.54, 1.807) is 12.0 Å². The number of amides is 1. The van der Waals surface area contributed by atoms with Crippen LogP contribution in [0.5, 0.6) is 0 Å². The van der Waals surface area contributed by atoms with Crippen molar-refractivity contribution in [2.24, 2.45) is 5.92 Å². The average Bonchev–Trinajstić information content (AvgIpc) is 2.71. The molecule has 2 saturated heterocycles. The van der Waals surface area contributed by atoms with Crippen LogP contribution in [0.2, 0.25) is 0 Å². The standard InChI is InChI=1S/C21H29NO6/c1-25-9-10-26-8-7-20(23)17-11-18-14-27-15-19(12-17)22(18)21(24)28-13-16-5-3-2-4-6-16/h2-6,17-19H,7-15H2,1H3. The van der Waals surface area contributed by atoms with Gasteiger partial charge in [-0.1, -0.05) is 30.3 Å². The number of piperidine rings is 1. The van der Waals surface area contributed by atoms with E-state index in [2.05, 4.69) is 0 Å². The van der Waals surface area contributed by atoms with Gasteiger partial charge in [-0.3, -0.25) is 9.69 Å². The Morgan fingerprint density at radius 2 is 1.79 bits per heavy atom. The number of methoxy groups -OCH3 is 1. The Morgan fingerprint density at radius 1 is 1.07 bits per heavy atom. The fourth-order valence-electron chi connectivity index (χ4n) is 3.89. The molecular weight excluding hydrogens is 362 g/mol. The van der Waals surface area contributed by atoms with Crippen LogP contribution in [0.3, 0.4) is 0 Å². The van der Waals surface area contributed by atoms with Gasteiger partial charge < -0.3 is 18.9 Å². The maximum Gasteiger partial charge on any atom is 0.410 e. The molecule has 0 N–H and O–H groups in total. The molecule has 2 fully saturated rings. The third kappa shape index (κ3) is 5.53. The van der Waals surface area contributed by atoms with Gasteiger partial charge in [0.15, 0.2) is 0 Å². The molecule has 3 rings (SSSR count). The van der Waals surface area contributed by atoms with Gasteiger partial charge in [-0.15, -0.1) is 0 Å². The molecule has 7 nitrogen and oxygen atoms in total. The summed E-state index contributed by atoms with van der Waals surface area (Å²) in [6.07, 6.45) is 1.31. The third-order valence-electron chi connectivity index (χ3n) is 5.32. The number of benzene rings is 1. The van der Waals surface area contributed by atoms with Crippen LogP contribution < -0.4 is 0 Å². The normalized spacial score (nSPS) is 24.0. The van der Waals surface area contributed by atoms with Gasteiger partial charge in [0.1, 0.15) is 12.4 Å². The first kappa shape index (κ1) is 20.8. The smallest absolute Gasteiger partial charge is 0.410 e. The zero-order valence-electron chi connectivity index (χ0n) is 16.4. The Morgan fingerprint density at radius 3 is 2.46 bits per heavy atom. The SMILES string of the molecule is COCCOCCC(=O)C1CC2COCC(C1)N2C(=O)OCc1ccccc1. The molecule has 0 saturated carbocycles. The summed E-state index contributed by atoms with van der Waals surface area (Å²) in [6, 6.07) is 9.40. The fraction of sp³-hybridized carbons (Fsp3) is 0.619. The van der Waals surface area contributed by atoms with Crippen LogP contribution in [0.4, 0.5) is 4.79 Å². The highest BCUT2D eigenvalue weighted by Gasteiger charge is 2.44. The predicted octanol–water partition coefficient (Wildman–Crippen LogP) is 2.42. The largest absolute Gasteiger partial charge is 0.445 e. The van der Waals surface area contributed by atoms with Gasteiger partial charge in [-0.25, -0.2) is 4.79 Å². The number of fused-ring (bicyclic) bond motifs is 2. The first-order chi connectivity index (χ1) is 13.7. The van der Waals surface area contributed by atoms with E-state index in [-0.39, 0.29) is 36.5 Å². The van der Waals surface area contributed by atoms with Crippen molar-refractivity contribution < 1.29 is 28.5 Å². The topological polar surface area (TPSA) is 74.3 Å². The Hall–Kier alpha value is -1.96. The molecule has 0 spiro atoms. The van der Waals surface area contributed by atoms with E-state index < -0.39 is 0 Å². The highest BCUT2D eigenvalue weighted by molar-refractivity contribution is 5.81. The molecule has 1 amide bonds. The Kier molecular flexibility index (Phi) is 7.82. The van der Waals surface area contributed by atoms with Crippen molar-refractivity contribution in [3.63, 3.8) is 0 Å². The van der Waals surface area contributed by atoms with Gasteiger partial charge >= 0.3 is 6.09 Å². The number of rotatable bonds is 9. The Labute approximate surface area is 165 Å². The molecule has 2 aliphatic heterocycles. The van der Waals surface area contributed by atoms with Crippen molar-refractivity contribution in [2.75, 3.05) is 40.1 Å². The number of carbonyl (C=O) groups is 2. The van der Waals surface area contributed by atoms with E-state index in [1.807, 2.05) is 30.3 Å².